The van der Waals surface area contributed by atoms with Crippen LogP contribution in [-0.4, -0.2) is 6.54 Å². The molecule has 0 spiro atoms. The molecule has 0 aliphatic rings. The lowest BCUT2D eigenvalue weighted by atomic mass is 10.2. The number of hydrogen-bond donors (Lipinski definition) is 2. The minimum atomic E-state index is 0.832. The number of benzene rings is 1. The van der Waals surface area contributed by atoms with Gasteiger partial charge in [0.05, 0.1) is 0 Å². The van der Waals surface area contributed by atoms with Gasteiger partial charge in [0, 0.05) is 17.9 Å². The summed E-state index contributed by atoms with van der Waals surface area (Å²) in [6.07, 6.45) is 2.44. The number of anilines is 2. The Labute approximate surface area is 80.1 Å². The zero-order valence-electron chi connectivity index (χ0n) is 8.43. The van der Waals surface area contributed by atoms with Gasteiger partial charge in [0.1, 0.15) is 0 Å². The summed E-state index contributed by atoms with van der Waals surface area (Å²) < 4.78 is 0. The fraction of sp³-hybridized carbons (Fsp3) is 0.455. The van der Waals surface area contributed by atoms with Crippen molar-refractivity contribution >= 4 is 11.4 Å². The van der Waals surface area contributed by atoms with Gasteiger partial charge in [-0.3, -0.25) is 0 Å². The van der Waals surface area contributed by atoms with Gasteiger partial charge >= 0.3 is 0 Å². The van der Waals surface area contributed by atoms with Gasteiger partial charge in [-0.05, 0) is 37.1 Å². The van der Waals surface area contributed by atoms with Crippen molar-refractivity contribution in [2.24, 2.45) is 0 Å². The van der Waals surface area contributed by atoms with Crippen molar-refractivity contribution in [1.29, 1.82) is 0 Å². The second-order valence-corrected chi connectivity index (χ2v) is 3.35. The van der Waals surface area contributed by atoms with Crippen molar-refractivity contribution in [1.82, 2.24) is 0 Å². The molecule has 0 aromatic heterocycles. The molecule has 0 aliphatic carbocycles. The van der Waals surface area contributed by atoms with Crippen LogP contribution in [0.4, 0.5) is 11.4 Å². The Kier molecular flexibility index (Phi) is 3.62. The Balaban J connectivity index is 2.56. The average Bonchev–Trinajstić information content (AvgIpc) is 2.09. The zero-order valence-corrected chi connectivity index (χ0v) is 8.43. The lowest BCUT2D eigenvalue weighted by Gasteiger charge is -2.09. The molecular weight excluding hydrogens is 160 g/mol. The van der Waals surface area contributed by atoms with Crippen LogP contribution in [0.25, 0.3) is 0 Å². The molecule has 0 amide bonds. The molecule has 0 aliphatic heterocycles. The number of aryl methyl sites for hydroxylation is 1. The Morgan fingerprint density at radius 3 is 2.77 bits per heavy atom. The predicted molar refractivity (Wildman–Crippen MR) is 59.0 cm³/mol. The summed E-state index contributed by atoms with van der Waals surface area (Å²) in [5, 5.41) is 3.39. The SMILES string of the molecule is CCCCNc1ccc(N)cc1C. The number of nitrogens with one attached hydrogen (secondary N) is 1. The van der Waals surface area contributed by atoms with Crippen LogP contribution in [0.3, 0.4) is 0 Å². The Morgan fingerprint density at radius 2 is 2.15 bits per heavy atom. The molecule has 0 saturated heterocycles. The highest BCUT2D eigenvalue weighted by molar-refractivity contribution is 5.57. The highest BCUT2D eigenvalue weighted by Crippen LogP contribution is 2.17. The number of unbranched alkanes of at least 4 members (excludes halogenated alkanes) is 1. The van der Waals surface area contributed by atoms with E-state index in [2.05, 4.69) is 19.2 Å². The van der Waals surface area contributed by atoms with Crippen LogP contribution in [0.2, 0.25) is 0 Å². The highest BCUT2D eigenvalue weighted by Gasteiger charge is 1.96. The summed E-state index contributed by atoms with van der Waals surface area (Å²) in [6, 6.07) is 5.97. The molecule has 1 rings (SSSR count). The number of hydrogen-bond acceptors (Lipinski definition) is 2. The molecule has 0 radical (unpaired) electrons. The Hall–Kier alpha value is -1.18. The van der Waals surface area contributed by atoms with Gasteiger partial charge in [-0.2, -0.15) is 0 Å². The third-order valence-electron chi connectivity index (χ3n) is 2.10. The molecule has 1 aromatic rings. The van der Waals surface area contributed by atoms with E-state index in [-0.39, 0.29) is 0 Å². The van der Waals surface area contributed by atoms with E-state index in [1.807, 2.05) is 18.2 Å². The average molecular weight is 178 g/mol. The van der Waals surface area contributed by atoms with Crippen molar-refractivity contribution in [2.45, 2.75) is 26.7 Å². The van der Waals surface area contributed by atoms with E-state index in [1.54, 1.807) is 0 Å². The summed E-state index contributed by atoms with van der Waals surface area (Å²) in [5.74, 6) is 0. The van der Waals surface area contributed by atoms with Crippen LogP contribution in [0.15, 0.2) is 18.2 Å². The van der Waals surface area contributed by atoms with Crippen molar-refractivity contribution in [3.63, 3.8) is 0 Å². The molecule has 1 aromatic carbocycles. The summed E-state index contributed by atoms with van der Waals surface area (Å²) >= 11 is 0. The fourth-order valence-corrected chi connectivity index (χ4v) is 1.29. The van der Waals surface area contributed by atoms with Crippen LogP contribution in [0.5, 0.6) is 0 Å². The summed E-state index contributed by atoms with van der Waals surface area (Å²) in [4.78, 5) is 0. The molecule has 13 heavy (non-hydrogen) atoms. The van der Waals surface area contributed by atoms with Crippen molar-refractivity contribution in [3.05, 3.63) is 23.8 Å². The van der Waals surface area contributed by atoms with Gasteiger partial charge in [0.2, 0.25) is 0 Å². The number of nitrogen functional groups attached to an aromatic ring is 1. The fourth-order valence-electron chi connectivity index (χ4n) is 1.29. The molecule has 0 atom stereocenters. The minimum absolute atomic E-state index is 0.832. The van der Waals surface area contributed by atoms with Crippen LogP contribution in [0, 0.1) is 6.92 Å². The van der Waals surface area contributed by atoms with Gasteiger partial charge < -0.3 is 11.1 Å². The molecule has 2 heteroatoms. The first kappa shape index (κ1) is 9.90. The predicted octanol–water partition coefficient (Wildman–Crippen LogP) is 2.79. The van der Waals surface area contributed by atoms with E-state index >= 15 is 0 Å². The maximum absolute atomic E-state index is 5.65. The maximum atomic E-state index is 5.65. The third kappa shape index (κ3) is 2.98. The molecule has 2 nitrogen and oxygen atoms in total. The Bertz CT molecular complexity index is 269. The third-order valence-corrected chi connectivity index (χ3v) is 2.10. The highest BCUT2D eigenvalue weighted by atomic mass is 14.9. The van der Waals surface area contributed by atoms with E-state index in [0.29, 0.717) is 0 Å². The van der Waals surface area contributed by atoms with Gasteiger partial charge in [-0.15, -0.1) is 0 Å². The molecule has 0 bridgehead atoms. The zero-order chi connectivity index (χ0) is 9.68. The quantitative estimate of drug-likeness (QED) is 0.549. The topological polar surface area (TPSA) is 38.0 Å². The van der Waals surface area contributed by atoms with E-state index < -0.39 is 0 Å². The van der Waals surface area contributed by atoms with Gasteiger partial charge in [0.15, 0.2) is 0 Å². The van der Waals surface area contributed by atoms with Crippen LogP contribution < -0.4 is 11.1 Å². The van der Waals surface area contributed by atoms with Crippen LogP contribution in [0.1, 0.15) is 25.3 Å². The van der Waals surface area contributed by atoms with Crippen LogP contribution in [-0.2, 0) is 0 Å². The number of nitrogens with two attached hydrogens (primary N) is 1. The molecule has 0 fully saturated rings. The molecule has 0 saturated carbocycles. The summed E-state index contributed by atoms with van der Waals surface area (Å²) in [6.45, 7) is 5.31. The van der Waals surface area contributed by atoms with Gasteiger partial charge in [-0.25, -0.2) is 0 Å². The molecule has 0 unspecified atom stereocenters. The lowest BCUT2D eigenvalue weighted by molar-refractivity contribution is 0.834. The first-order chi connectivity index (χ1) is 6.24. The first-order valence-electron chi connectivity index (χ1n) is 4.84. The van der Waals surface area contributed by atoms with E-state index in [0.717, 1.165) is 12.2 Å². The lowest BCUT2D eigenvalue weighted by Crippen LogP contribution is -2.02. The second-order valence-electron chi connectivity index (χ2n) is 3.35. The normalized spacial score (nSPS) is 10.0. The summed E-state index contributed by atoms with van der Waals surface area (Å²) in [5.41, 5.74) is 8.90. The van der Waals surface area contributed by atoms with Crippen molar-refractivity contribution < 1.29 is 0 Å². The van der Waals surface area contributed by atoms with Gasteiger partial charge in [0.25, 0.3) is 0 Å². The van der Waals surface area contributed by atoms with Crippen molar-refractivity contribution in [2.75, 3.05) is 17.6 Å². The maximum Gasteiger partial charge on any atom is 0.0371 e. The summed E-state index contributed by atoms with van der Waals surface area (Å²) in [7, 11) is 0. The van der Waals surface area contributed by atoms with E-state index in [9.17, 15) is 0 Å². The van der Waals surface area contributed by atoms with E-state index in [1.165, 1.54) is 24.1 Å². The molecular formula is C11H18N2. The monoisotopic (exact) mass is 178 g/mol. The molecule has 3 N–H and O–H groups in total. The second kappa shape index (κ2) is 4.75. The van der Waals surface area contributed by atoms with Crippen molar-refractivity contribution in [3.8, 4) is 0 Å². The molecule has 0 heterocycles. The van der Waals surface area contributed by atoms with E-state index in [4.69, 9.17) is 5.73 Å². The smallest absolute Gasteiger partial charge is 0.0371 e. The van der Waals surface area contributed by atoms with Crippen LogP contribution >= 0.6 is 0 Å². The largest absolute Gasteiger partial charge is 0.399 e. The standard InChI is InChI=1S/C11H18N2/c1-3-4-7-13-11-6-5-10(12)8-9(11)2/h5-6,8,13H,3-4,7,12H2,1-2H3. The Morgan fingerprint density at radius 1 is 1.38 bits per heavy atom. The van der Waals surface area contributed by atoms with Gasteiger partial charge in [-0.1, -0.05) is 13.3 Å². The minimum Gasteiger partial charge on any atom is -0.399 e. The first-order valence-corrected chi connectivity index (χ1v) is 4.84. The molecule has 72 valence electrons. The number of rotatable bonds is 4.